The van der Waals surface area contributed by atoms with Gasteiger partial charge in [-0.3, -0.25) is 9.48 Å². The van der Waals surface area contributed by atoms with Crippen LogP contribution in [0.15, 0.2) is 36.5 Å². The highest BCUT2D eigenvalue weighted by Crippen LogP contribution is 2.12. The fourth-order valence-corrected chi connectivity index (χ4v) is 2.34. The quantitative estimate of drug-likeness (QED) is 0.795. The number of unbranched alkanes of at least 4 members (excludes halogenated alkanes) is 1. The molecule has 0 atom stereocenters. The molecule has 112 valence electrons. The van der Waals surface area contributed by atoms with E-state index in [1.807, 2.05) is 22.9 Å². The van der Waals surface area contributed by atoms with Crippen molar-refractivity contribution in [2.45, 2.75) is 39.7 Å². The van der Waals surface area contributed by atoms with Crippen molar-refractivity contribution < 1.29 is 4.79 Å². The van der Waals surface area contributed by atoms with Gasteiger partial charge in [0.05, 0.1) is 24.0 Å². The van der Waals surface area contributed by atoms with Crippen molar-refractivity contribution in [3.05, 3.63) is 53.3 Å². The molecule has 1 N–H and O–H groups in total. The summed E-state index contributed by atoms with van der Waals surface area (Å²) in [6.07, 6.45) is 4.56. The van der Waals surface area contributed by atoms with Gasteiger partial charge in [0, 0.05) is 6.54 Å². The summed E-state index contributed by atoms with van der Waals surface area (Å²) in [6.45, 7) is 5.59. The molecule has 2 aromatic rings. The summed E-state index contributed by atoms with van der Waals surface area (Å²) in [4.78, 5) is 12.2. The molecule has 0 aliphatic heterocycles. The van der Waals surface area contributed by atoms with Gasteiger partial charge in [-0.1, -0.05) is 50.6 Å². The van der Waals surface area contributed by atoms with E-state index in [4.69, 9.17) is 0 Å². The molecular formula is C17H23N3O. The van der Waals surface area contributed by atoms with Crippen molar-refractivity contribution in [1.29, 1.82) is 0 Å². The van der Waals surface area contributed by atoms with Crippen LogP contribution in [0.5, 0.6) is 0 Å². The summed E-state index contributed by atoms with van der Waals surface area (Å²) in [5.74, 6) is -0.0142. The second-order valence-electron chi connectivity index (χ2n) is 5.11. The Bertz CT molecular complexity index is 575. The molecule has 0 spiro atoms. The SMILES string of the molecule is CCCCNC(=O)c1cnn(Cc2ccccc2)c1CC. The highest BCUT2D eigenvalue weighted by molar-refractivity contribution is 5.95. The van der Waals surface area contributed by atoms with E-state index in [0.29, 0.717) is 12.1 Å². The van der Waals surface area contributed by atoms with Crippen molar-refractivity contribution in [1.82, 2.24) is 15.1 Å². The Labute approximate surface area is 126 Å². The highest BCUT2D eigenvalue weighted by atomic mass is 16.1. The summed E-state index contributed by atoms with van der Waals surface area (Å²) in [5, 5.41) is 7.35. The minimum atomic E-state index is -0.0142. The van der Waals surface area contributed by atoms with Crippen LogP contribution in [0, 0.1) is 0 Å². The summed E-state index contributed by atoms with van der Waals surface area (Å²) >= 11 is 0. The third-order valence-corrected chi connectivity index (χ3v) is 3.52. The fourth-order valence-electron chi connectivity index (χ4n) is 2.34. The molecule has 0 fully saturated rings. The predicted molar refractivity (Wildman–Crippen MR) is 84.4 cm³/mol. The molecular weight excluding hydrogens is 262 g/mol. The van der Waals surface area contributed by atoms with E-state index < -0.39 is 0 Å². The largest absolute Gasteiger partial charge is 0.352 e. The first-order valence-electron chi connectivity index (χ1n) is 7.63. The Morgan fingerprint density at radius 2 is 2.00 bits per heavy atom. The average molecular weight is 285 g/mol. The number of carbonyl (C=O) groups excluding carboxylic acids is 1. The second-order valence-corrected chi connectivity index (χ2v) is 5.11. The van der Waals surface area contributed by atoms with E-state index >= 15 is 0 Å². The number of nitrogens with zero attached hydrogens (tertiary/aromatic N) is 2. The van der Waals surface area contributed by atoms with Gasteiger partial charge in [0.15, 0.2) is 0 Å². The topological polar surface area (TPSA) is 46.9 Å². The van der Waals surface area contributed by atoms with Gasteiger partial charge in [-0.25, -0.2) is 0 Å². The Kier molecular flexibility index (Phi) is 5.55. The Morgan fingerprint density at radius 1 is 1.24 bits per heavy atom. The lowest BCUT2D eigenvalue weighted by molar-refractivity contribution is 0.0952. The lowest BCUT2D eigenvalue weighted by Crippen LogP contribution is -2.25. The minimum absolute atomic E-state index is 0.0142. The summed E-state index contributed by atoms with van der Waals surface area (Å²) in [6, 6.07) is 10.2. The van der Waals surface area contributed by atoms with E-state index in [1.54, 1.807) is 6.20 Å². The smallest absolute Gasteiger partial charge is 0.254 e. The maximum atomic E-state index is 12.2. The average Bonchev–Trinajstić information content (AvgIpc) is 2.91. The summed E-state index contributed by atoms with van der Waals surface area (Å²) in [5.41, 5.74) is 2.88. The maximum Gasteiger partial charge on any atom is 0.254 e. The van der Waals surface area contributed by atoms with Crippen LogP contribution in [0.4, 0.5) is 0 Å². The molecule has 0 aliphatic rings. The summed E-state index contributed by atoms with van der Waals surface area (Å²) < 4.78 is 1.92. The Hall–Kier alpha value is -2.10. The van der Waals surface area contributed by atoms with Crippen LogP contribution in [0.2, 0.25) is 0 Å². The number of carbonyl (C=O) groups is 1. The molecule has 0 unspecified atom stereocenters. The Morgan fingerprint density at radius 3 is 2.67 bits per heavy atom. The zero-order valence-electron chi connectivity index (χ0n) is 12.8. The van der Waals surface area contributed by atoms with Crippen LogP contribution in [0.1, 0.15) is 48.3 Å². The standard InChI is InChI=1S/C17H23N3O/c1-3-5-11-18-17(21)15-12-19-20(16(15)4-2)13-14-9-7-6-8-10-14/h6-10,12H,3-5,11,13H2,1-2H3,(H,18,21). The van der Waals surface area contributed by atoms with Crippen LogP contribution >= 0.6 is 0 Å². The zero-order chi connectivity index (χ0) is 15.1. The number of aromatic nitrogens is 2. The normalized spacial score (nSPS) is 10.6. The van der Waals surface area contributed by atoms with Gasteiger partial charge >= 0.3 is 0 Å². The summed E-state index contributed by atoms with van der Waals surface area (Å²) in [7, 11) is 0. The first-order chi connectivity index (χ1) is 10.3. The van der Waals surface area contributed by atoms with Gasteiger partial charge in [-0.15, -0.1) is 0 Å². The lowest BCUT2D eigenvalue weighted by Gasteiger charge is -2.08. The van der Waals surface area contributed by atoms with Crippen LogP contribution in [-0.4, -0.2) is 22.2 Å². The molecule has 0 saturated carbocycles. The first-order valence-corrected chi connectivity index (χ1v) is 7.63. The molecule has 21 heavy (non-hydrogen) atoms. The molecule has 0 saturated heterocycles. The molecule has 0 radical (unpaired) electrons. The van der Waals surface area contributed by atoms with Crippen molar-refractivity contribution in [2.24, 2.45) is 0 Å². The van der Waals surface area contributed by atoms with Crippen LogP contribution in [0.25, 0.3) is 0 Å². The second kappa shape index (κ2) is 7.62. The monoisotopic (exact) mass is 285 g/mol. The van der Waals surface area contributed by atoms with Crippen molar-refractivity contribution in [3.8, 4) is 0 Å². The van der Waals surface area contributed by atoms with Gasteiger partial charge in [0.1, 0.15) is 0 Å². The number of benzene rings is 1. The molecule has 1 aromatic carbocycles. The zero-order valence-corrected chi connectivity index (χ0v) is 12.8. The van der Waals surface area contributed by atoms with Gasteiger partial charge in [-0.2, -0.15) is 5.10 Å². The maximum absolute atomic E-state index is 12.2. The van der Waals surface area contributed by atoms with Gasteiger partial charge in [0.2, 0.25) is 0 Å². The van der Waals surface area contributed by atoms with E-state index in [-0.39, 0.29) is 5.91 Å². The van der Waals surface area contributed by atoms with E-state index in [2.05, 4.69) is 36.4 Å². The van der Waals surface area contributed by atoms with E-state index in [9.17, 15) is 4.79 Å². The van der Waals surface area contributed by atoms with Crippen LogP contribution in [0.3, 0.4) is 0 Å². The van der Waals surface area contributed by atoms with E-state index in [1.165, 1.54) is 5.56 Å². The predicted octanol–water partition coefficient (Wildman–Crippen LogP) is 3.02. The molecule has 1 amide bonds. The molecule has 1 heterocycles. The minimum Gasteiger partial charge on any atom is -0.352 e. The lowest BCUT2D eigenvalue weighted by atomic mass is 10.1. The molecule has 0 bridgehead atoms. The first kappa shape index (κ1) is 15.3. The molecule has 4 nitrogen and oxygen atoms in total. The van der Waals surface area contributed by atoms with E-state index in [0.717, 1.165) is 31.5 Å². The van der Waals surface area contributed by atoms with Crippen molar-refractivity contribution in [3.63, 3.8) is 0 Å². The van der Waals surface area contributed by atoms with Gasteiger partial charge in [0.25, 0.3) is 5.91 Å². The van der Waals surface area contributed by atoms with Crippen LogP contribution < -0.4 is 5.32 Å². The highest BCUT2D eigenvalue weighted by Gasteiger charge is 2.15. The number of amides is 1. The molecule has 0 aliphatic carbocycles. The van der Waals surface area contributed by atoms with Crippen LogP contribution in [-0.2, 0) is 13.0 Å². The van der Waals surface area contributed by atoms with Crippen molar-refractivity contribution in [2.75, 3.05) is 6.54 Å². The van der Waals surface area contributed by atoms with Crippen molar-refractivity contribution >= 4 is 5.91 Å². The Balaban J connectivity index is 2.12. The third kappa shape index (κ3) is 3.94. The third-order valence-electron chi connectivity index (χ3n) is 3.52. The fraction of sp³-hybridized carbons (Fsp3) is 0.412. The molecule has 4 heteroatoms. The van der Waals surface area contributed by atoms with Gasteiger partial charge in [-0.05, 0) is 18.4 Å². The number of nitrogens with one attached hydrogen (secondary N) is 1. The van der Waals surface area contributed by atoms with Gasteiger partial charge < -0.3 is 5.32 Å². The number of rotatable bonds is 7. The molecule has 2 rings (SSSR count). The molecule has 1 aromatic heterocycles. The number of hydrogen-bond donors (Lipinski definition) is 1. The number of hydrogen-bond acceptors (Lipinski definition) is 2.